The highest BCUT2D eigenvalue weighted by atomic mass is 79.9. The number of aryl methyl sites for hydroxylation is 1. The molecule has 3 heterocycles. The van der Waals surface area contributed by atoms with E-state index in [-0.39, 0.29) is 0 Å². The van der Waals surface area contributed by atoms with Crippen LogP contribution < -0.4 is 10.6 Å². The minimum Gasteiger partial charge on any atom is -0.352 e. The summed E-state index contributed by atoms with van der Waals surface area (Å²) in [6, 6.07) is 2.49. The molecular formula is C13H16BrN5. The number of rotatable bonds is 2. The number of hydrogen-bond donors (Lipinski definition) is 2. The van der Waals surface area contributed by atoms with E-state index in [9.17, 15) is 0 Å². The molecule has 2 aromatic rings. The summed E-state index contributed by atoms with van der Waals surface area (Å²) in [5.41, 5.74) is 3.16. The Balaban J connectivity index is 1.77. The number of aliphatic imine (C=N–C) groups is 1. The third kappa shape index (κ3) is 2.58. The van der Waals surface area contributed by atoms with Gasteiger partial charge in [0.2, 0.25) is 0 Å². The van der Waals surface area contributed by atoms with Gasteiger partial charge >= 0.3 is 0 Å². The predicted octanol–water partition coefficient (Wildman–Crippen LogP) is 1.84. The molecule has 0 amide bonds. The van der Waals surface area contributed by atoms with E-state index in [2.05, 4.69) is 56.5 Å². The first-order chi connectivity index (χ1) is 9.11. The highest BCUT2D eigenvalue weighted by Crippen LogP contribution is 2.17. The summed E-state index contributed by atoms with van der Waals surface area (Å²) in [4.78, 5) is 9.00. The molecule has 0 bridgehead atoms. The van der Waals surface area contributed by atoms with Crippen molar-refractivity contribution in [3.8, 4) is 0 Å². The van der Waals surface area contributed by atoms with Gasteiger partial charge in [0.1, 0.15) is 5.65 Å². The Bertz CT molecular complexity index is 646. The van der Waals surface area contributed by atoms with Crippen molar-refractivity contribution < 1.29 is 0 Å². The Morgan fingerprint density at radius 3 is 3.11 bits per heavy atom. The summed E-state index contributed by atoms with van der Waals surface area (Å²) in [6.45, 7) is 5.69. The average molecular weight is 322 g/mol. The Labute approximate surface area is 120 Å². The highest BCUT2D eigenvalue weighted by molar-refractivity contribution is 9.10. The molecule has 5 nitrogen and oxygen atoms in total. The van der Waals surface area contributed by atoms with E-state index in [1.807, 2.05) is 16.8 Å². The van der Waals surface area contributed by atoms with Crippen LogP contribution in [0.3, 0.4) is 0 Å². The van der Waals surface area contributed by atoms with Crippen LogP contribution in [-0.4, -0.2) is 27.9 Å². The minimum absolute atomic E-state index is 0.418. The number of nitrogens with zero attached hydrogens (tertiary/aromatic N) is 3. The van der Waals surface area contributed by atoms with Crippen molar-refractivity contribution in [1.82, 2.24) is 20.0 Å². The number of fused-ring (bicyclic) bond motifs is 1. The Morgan fingerprint density at radius 2 is 2.37 bits per heavy atom. The van der Waals surface area contributed by atoms with Crippen molar-refractivity contribution in [2.24, 2.45) is 4.99 Å². The fraction of sp³-hybridized carbons (Fsp3) is 0.385. The van der Waals surface area contributed by atoms with E-state index in [1.165, 1.54) is 0 Å². The number of guanidine groups is 1. The van der Waals surface area contributed by atoms with Crippen LogP contribution in [0.5, 0.6) is 0 Å². The Kier molecular flexibility index (Phi) is 3.18. The summed E-state index contributed by atoms with van der Waals surface area (Å²) in [5, 5.41) is 6.55. The van der Waals surface area contributed by atoms with Crippen molar-refractivity contribution in [2.75, 3.05) is 6.54 Å². The number of nitrogens with one attached hydrogen (secondary N) is 2. The third-order valence-corrected chi connectivity index (χ3v) is 3.53. The van der Waals surface area contributed by atoms with Gasteiger partial charge in [-0.2, -0.15) is 0 Å². The maximum Gasteiger partial charge on any atom is 0.191 e. The van der Waals surface area contributed by atoms with Crippen LogP contribution >= 0.6 is 15.9 Å². The fourth-order valence-electron chi connectivity index (χ4n) is 2.20. The number of aromatic nitrogens is 2. The molecule has 0 radical (unpaired) electrons. The van der Waals surface area contributed by atoms with E-state index in [0.29, 0.717) is 12.6 Å². The van der Waals surface area contributed by atoms with E-state index >= 15 is 0 Å². The molecule has 1 unspecified atom stereocenters. The van der Waals surface area contributed by atoms with Crippen molar-refractivity contribution in [1.29, 1.82) is 0 Å². The zero-order chi connectivity index (χ0) is 13.4. The summed E-state index contributed by atoms with van der Waals surface area (Å²) in [6.07, 6.45) is 4.06. The summed E-state index contributed by atoms with van der Waals surface area (Å²) in [7, 11) is 0. The fourth-order valence-corrected chi connectivity index (χ4v) is 2.76. The van der Waals surface area contributed by atoms with Crippen molar-refractivity contribution >= 4 is 27.5 Å². The quantitative estimate of drug-likeness (QED) is 0.887. The van der Waals surface area contributed by atoms with Crippen molar-refractivity contribution in [3.05, 3.63) is 34.2 Å². The predicted molar refractivity (Wildman–Crippen MR) is 79.4 cm³/mol. The summed E-state index contributed by atoms with van der Waals surface area (Å²) in [5.74, 6) is 0.863. The average Bonchev–Trinajstić information content (AvgIpc) is 2.92. The second-order valence-corrected chi connectivity index (χ2v) is 5.81. The molecular weight excluding hydrogens is 306 g/mol. The maximum atomic E-state index is 4.63. The number of imidazole rings is 1. The molecule has 1 aliphatic rings. The first kappa shape index (κ1) is 12.5. The molecule has 100 valence electrons. The first-order valence-electron chi connectivity index (χ1n) is 6.30. The van der Waals surface area contributed by atoms with Gasteiger partial charge in [-0.3, -0.25) is 4.99 Å². The van der Waals surface area contributed by atoms with Crippen LogP contribution in [0.15, 0.2) is 27.9 Å². The second kappa shape index (κ2) is 4.85. The van der Waals surface area contributed by atoms with Crippen LogP contribution in [0.4, 0.5) is 0 Å². The minimum atomic E-state index is 0.418. The lowest BCUT2D eigenvalue weighted by Crippen LogP contribution is -2.37. The van der Waals surface area contributed by atoms with Crippen molar-refractivity contribution in [2.45, 2.75) is 26.4 Å². The Hall–Kier alpha value is -1.56. The molecule has 3 rings (SSSR count). The zero-order valence-electron chi connectivity index (χ0n) is 10.9. The standard InChI is InChI=1S/C13H16BrN5/c1-8-3-10(14)6-19-7-11(18-12(8)19)5-16-13-15-4-9(2)17-13/h3,6-7,9H,4-5H2,1-2H3,(H2,15,16,17). The maximum absolute atomic E-state index is 4.63. The number of hydrogen-bond acceptors (Lipinski definition) is 4. The van der Waals surface area contributed by atoms with Crippen molar-refractivity contribution in [3.63, 3.8) is 0 Å². The lowest BCUT2D eigenvalue weighted by Gasteiger charge is -2.06. The van der Waals surface area contributed by atoms with E-state index in [0.717, 1.165) is 33.9 Å². The Morgan fingerprint density at radius 1 is 1.53 bits per heavy atom. The third-order valence-electron chi connectivity index (χ3n) is 3.10. The molecule has 1 atom stereocenters. The van der Waals surface area contributed by atoms with Gasteiger partial charge in [-0.1, -0.05) is 0 Å². The molecule has 0 spiro atoms. The summed E-state index contributed by atoms with van der Waals surface area (Å²) >= 11 is 3.50. The molecule has 1 aliphatic heterocycles. The van der Waals surface area contributed by atoms with Gasteiger partial charge in [0.25, 0.3) is 0 Å². The zero-order valence-corrected chi connectivity index (χ0v) is 12.5. The van der Waals surface area contributed by atoms with Gasteiger partial charge in [-0.25, -0.2) is 4.98 Å². The molecule has 6 heteroatoms. The smallest absolute Gasteiger partial charge is 0.191 e. The number of pyridine rings is 1. The van der Waals surface area contributed by atoms with Gasteiger partial charge in [-0.05, 0) is 41.4 Å². The first-order valence-corrected chi connectivity index (χ1v) is 7.10. The monoisotopic (exact) mass is 321 g/mol. The van der Waals surface area contributed by atoms with Gasteiger partial charge in [-0.15, -0.1) is 0 Å². The lowest BCUT2D eigenvalue weighted by atomic mass is 10.3. The molecule has 0 aromatic carbocycles. The topological polar surface area (TPSA) is 53.7 Å². The second-order valence-electron chi connectivity index (χ2n) is 4.89. The molecule has 0 fully saturated rings. The molecule has 19 heavy (non-hydrogen) atoms. The van der Waals surface area contributed by atoms with Crippen LogP contribution in [0.1, 0.15) is 18.2 Å². The van der Waals surface area contributed by atoms with Gasteiger partial charge in [0, 0.05) is 22.9 Å². The SMILES string of the molecule is Cc1cc(Br)cn2cc(CNC3=NCC(C)N3)nc12. The van der Waals surface area contributed by atoms with E-state index in [4.69, 9.17) is 0 Å². The molecule has 0 saturated carbocycles. The van der Waals surface area contributed by atoms with Gasteiger partial charge < -0.3 is 15.0 Å². The van der Waals surface area contributed by atoms with Crippen LogP contribution in [0, 0.1) is 6.92 Å². The van der Waals surface area contributed by atoms with E-state index < -0.39 is 0 Å². The van der Waals surface area contributed by atoms with Crippen LogP contribution in [0.2, 0.25) is 0 Å². The summed E-state index contributed by atoms with van der Waals surface area (Å²) < 4.78 is 3.10. The lowest BCUT2D eigenvalue weighted by molar-refractivity contribution is 0.712. The molecule has 2 N–H and O–H groups in total. The highest BCUT2D eigenvalue weighted by Gasteiger charge is 2.12. The van der Waals surface area contributed by atoms with Gasteiger partial charge in [0.05, 0.1) is 18.8 Å². The number of halogens is 1. The molecule has 0 aliphatic carbocycles. The molecule has 2 aromatic heterocycles. The van der Waals surface area contributed by atoms with E-state index in [1.54, 1.807) is 0 Å². The van der Waals surface area contributed by atoms with Crippen LogP contribution in [0.25, 0.3) is 5.65 Å². The van der Waals surface area contributed by atoms with Crippen LogP contribution in [-0.2, 0) is 6.54 Å². The molecule has 0 saturated heterocycles. The van der Waals surface area contributed by atoms with Gasteiger partial charge in [0.15, 0.2) is 5.96 Å². The normalized spacial score (nSPS) is 18.5. The largest absolute Gasteiger partial charge is 0.352 e.